The van der Waals surface area contributed by atoms with E-state index < -0.39 is 0 Å². The molecule has 0 aliphatic rings. The lowest BCUT2D eigenvalue weighted by atomic mass is 10.2. The fourth-order valence-corrected chi connectivity index (χ4v) is 3.49. The Hall–Kier alpha value is -1.33. The van der Waals surface area contributed by atoms with Crippen molar-refractivity contribution in [3.8, 4) is 0 Å². The molecule has 1 aromatic heterocycles. The molecule has 106 valence electrons. The molecule has 5 heteroatoms. The largest absolute Gasteiger partial charge is 0.315 e. The van der Waals surface area contributed by atoms with E-state index in [-0.39, 0.29) is 5.91 Å². The van der Waals surface area contributed by atoms with Crippen molar-refractivity contribution in [3.63, 3.8) is 0 Å². The lowest BCUT2D eigenvalue weighted by Gasteiger charge is -2.05. The summed E-state index contributed by atoms with van der Waals surface area (Å²) in [4.78, 5) is 17.6. The van der Waals surface area contributed by atoms with Gasteiger partial charge in [-0.3, -0.25) is 4.79 Å². The molecule has 0 radical (unpaired) electrons. The molecular formula is C15H18N2OS2. The highest BCUT2D eigenvalue weighted by atomic mass is 32.2. The van der Waals surface area contributed by atoms with Gasteiger partial charge >= 0.3 is 0 Å². The monoisotopic (exact) mass is 306 g/mol. The predicted octanol–water partition coefficient (Wildman–Crippen LogP) is 4.05. The fraction of sp³-hybridized carbons (Fsp3) is 0.333. The molecule has 1 amide bonds. The highest BCUT2D eigenvalue weighted by Gasteiger charge is 2.10. The number of rotatable bonds is 5. The normalized spacial score (nSPS) is 10.6. The van der Waals surface area contributed by atoms with Crippen LogP contribution in [-0.4, -0.2) is 16.6 Å². The van der Waals surface area contributed by atoms with E-state index in [1.807, 2.05) is 25.1 Å². The number of amides is 1. The maximum atomic E-state index is 12.0. The first-order valence-electron chi connectivity index (χ1n) is 6.54. The maximum absolute atomic E-state index is 12.0. The molecular weight excluding hydrogens is 288 g/mol. The SMILES string of the molecule is CCc1nc(C)c(NC(=O)CSc2ccccc2C)s1. The molecule has 2 rings (SSSR count). The second-order valence-corrected chi connectivity index (χ2v) is 6.58. The summed E-state index contributed by atoms with van der Waals surface area (Å²) in [6.45, 7) is 6.05. The van der Waals surface area contributed by atoms with Crippen LogP contribution in [0.3, 0.4) is 0 Å². The van der Waals surface area contributed by atoms with Gasteiger partial charge in [-0.05, 0) is 31.9 Å². The van der Waals surface area contributed by atoms with E-state index in [1.165, 1.54) is 5.56 Å². The Labute approximate surface area is 127 Å². The van der Waals surface area contributed by atoms with Gasteiger partial charge in [-0.2, -0.15) is 0 Å². The number of carbonyl (C=O) groups is 1. The van der Waals surface area contributed by atoms with Crippen molar-refractivity contribution in [3.05, 3.63) is 40.5 Å². The summed E-state index contributed by atoms with van der Waals surface area (Å²) in [5, 5.41) is 4.88. The third kappa shape index (κ3) is 3.84. The van der Waals surface area contributed by atoms with Crippen molar-refractivity contribution in [1.29, 1.82) is 0 Å². The number of thioether (sulfide) groups is 1. The second kappa shape index (κ2) is 6.90. The number of thiazole rings is 1. The summed E-state index contributed by atoms with van der Waals surface area (Å²) in [6, 6.07) is 8.10. The van der Waals surface area contributed by atoms with Crippen molar-refractivity contribution in [1.82, 2.24) is 4.98 Å². The first-order valence-corrected chi connectivity index (χ1v) is 8.35. The Morgan fingerprint density at radius 2 is 2.10 bits per heavy atom. The molecule has 0 aliphatic carbocycles. The summed E-state index contributed by atoms with van der Waals surface area (Å²) in [6.07, 6.45) is 0.902. The van der Waals surface area contributed by atoms with Crippen LogP contribution in [-0.2, 0) is 11.2 Å². The second-order valence-electron chi connectivity index (χ2n) is 4.48. The third-order valence-corrected chi connectivity index (χ3v) is 5.24. The molecule has 0 atom stereocenters. The number of nitrogens with one attached hydrogen (secondary N) is 1. The number of aryl methyl sites for hydroxylation is 3. The molecule has 0 spiro atoms. The van der Waals surface area contributed by atoms with Gasteiger partial charge in [0, 0.05) is 4.90 Å². The Morgan fingerprint density at radius 3 is 2.75 bits per heavy atom. The average molecular weight is 306 g/mol. The van der Waals surface area contributed by atoms with Crippen LogP contribution >= 0.6 is 23.1 Å². The molecule has 0 bridgehead atoms. The Balaban J connectivity index is 1.92. The van der Waals surface area contributed by atoms with Gasteiger partial charge in [0.2, 0.25) is 5.91 Å². The van der Waals surface area contributed by atoms with Gasteiger partial charge < -0.3 is 5.32 Å². The van der Waals surface area contributed by atoms with Crippen LogP contribution in [0.25, 0.3) is 0 Å². The van der Waals surface area contributed by atoms with Crippen LogP contribution in [0, 0.1) is 13.8 Å². The van der Waals surface area contributed by atoms with Crippen molar-refractivity contribution < 1.29 is 4.79 Å². The molecule has 0 unspecified atom stereocenters. The predicted molar refractivity (Wildman–Crippen MR) is 86.8 cm³/mol. The summed E-state index contributed by atoms with van der Waals surface area (Å²) >= 11 is 3.13. The number of anilines is 1. The molecule has 0 saturated carbocycles. The van der Waals surface area contributed by atoms with Gasteiger partial charge in [0.05, 0.1) is 16.5 Å². The van der Waals surface area contributed by atoms with Crippen LogP contribution in [0.1, 0.15) is 23.2 Å². The van der Waals surface area contributed by atoms with Crippen LogP contribution in [0.2, 0.25) is 0 Å². The molecule has 1 aromatic carbocycles. The molecule has 0 fully saturated rings. The zero-order chi connectivity index (χ0) is 14.5. The number of aromatic nitrogens is 1. The van der Waals surface area contributed by atoms with Gasteiger partial charge in [-0.1, -0.05) is 25.1 Å². The van der Waals surface area contributed by atoms with Crippen molar-refractivity contribution in [2.24, 2.45) is 0 Å². The number of hydrogen-bond acceptors (Lipinski definition) is 4. The van der Waals surface area contributed by atoms with E-state index in [0.717, 1.165) is 27.0 Å². The summed E-state index contributed by atoms with van der Waals surface area (Å²) in [5.41, 5.74) is 2.11. The topological polar surface area (TPSA) is 42.0 Å². The maximum Gasteiger partial charge on any atom is 0.235 e. The van der Waals surface area contributed by atoms with Crippen molar-refractivity contribution >= 4 is 34.0 Å². The lowest BCUT2D eigenvalue weighted by molar-refractivity contribution is -0.113. The number of carbonyl (C=O) groups excluding carboxylic acids is 1. The van der Waals surface area contributed by atoms with Crippen LogP contribution in [0.15, 0.2) is 29.2 Å². The first-order chi connectivity index (χ1) is 9.60. The van der Waals surface area contributed by atoms with Gasteiger partial charge in [0.1, 0.15) is 5.00 Å². The van der Waals surface area contributed by atoms with Crippen molar-refractivity contribution in [2.45, 2.75) is 32.1 Å². The van der Waals surface area contributed by atoms with Gasteiger partial charge in [0.25, 0.3) is 0 Å². The van der Waals surface area contributed by atoms with Crippen LogP contribution < -0.4 is 5.32 Å². The van der Waals surface area contributed by atoms with Crippen molar-refractivity contribution in [2.75, 3.05) is 11.1 Å². The number of hydrogen-bond donors (Lipinski definition) is 1. The minimum Gasteiger partial charge on any atom is -0.315 e. The Kier molecular flexibility index (Phi) is 5.20. The van der Waals surface area contributed by atoms with E-state index >= 15 is 0 Å². The smallest absolute Gasteiger partial charge is 0.235 e. The summed E-state index contributed by atoms with van der Waals surface area (Å²) in [5.74, 6) is 0.441. The van der Waals surface area contributed by atoms with E-state index in [9.17, 15) is 4.79 Å². The summed E-state index contributed by atoms with van der Waals surface area (Å²) < 4.78 is 0. The Bertz CT molecular complexity index is 608. The molecule has 0 saturated heterocycles. The highest BCUT2D eigenvalue weighted by molar-refractivity contribution is 8.00. The van der Waals surface area contributed by atoms with E-state index in [0.29, 0.717) is 5.75 Å². The molecule has 3 nitrogen and oxygen atoms in total. The fourth-order valence-electron chi connectivity index (χ4n) is 1.74. The zero-order valence-electron chi connectivity index (χ0n) is 11.9. The van der Waals surface area contributed by atoms with E-state index in [1.54, 1.807) is 23.1 Å². The minimum absolute atomic E-state index is 0.0210. The zero-order valence-corrected chi connectivity index (χ0v) is 13.5. The number of nitrogens with zero attached hydrogens (tertiary/aromatic N) is 1. The van der Waals surface area contributed by atoms with Gasteiger partial charge in [-0.25, -0.2) is 4.98 Å². The van der Waals surface area contributed by atoms with Gasteiger partial charge in [0.15, 0.2) is 0 Å². The highest BCUT2D eigenvalue weighted by Crippen LogP contribution is 2.26. The molecule has 2 aromatic rings. The lowest BCUT2D eigenvalue weighted by Crippen LogP contribution is -2.13. The molecule has 1 N–H and O–H groups in total. The third-order valence-electron chi connectivity index (χ3n) is 2.85. The molecule has 1 heterocycles. The average Bonchev–Trinajstić information content (AvgIpc) is 2.78. The molecule has 0 aliphatic heterocycles. The standard InChI is InChI=1S/C15H18N2OS2/c1-4-14-16-11(3)15(20-14)17-13(18)9-19-12-8-6-5-7-10(12)2/h5-8H,4,9H2,1-3H3,(H,17,18). The first kappa shape index (κ1) is 15.1. The minimum atomic E-state index is 0.0210. The summed E-state index contributed by atoms with van der Waals surface area (Å²) in [7, 11) is 0. The van der Waals surface area contributed by atoms with E-state index in [4.69, 9.17) is 0 Å². The quantitative estimate of drug-likeness (QED) is 0.847. The molecule has 20 heavy (non-hydrogen) atoms. The van der Waals surface area contributed by atoms with Gasteiger partial charge in [-0.15, -0.1) is 23.1 Å². The van der Waals surface area contributed by atoms with E-state index in [2.05, 4.69) is 30.2 Å². The van der Waals surface area contributed by atoms with Crippen LogP contribution in [0.5, 0.6) is 0 Å². The Morgan fingerprint density at radius 1 is 1.35 bits per heavy atom. The number of benzene rings is 1. The van der Waals surface area contributed by atoms with Crippen LogP contribution in [0.4, 0.5) is 5.00 Å².